The SMILES string of the molecule is C=CC(=O)CCCCCCCCCCCI. The minimum atomic E-state index is 0.193. The molecular weight excluding hydrogens is 311 g/mol. The Kier molecular flexibility index (Phi) is 13.3. The Labute approximate surface area is 114 Å². The zero-order chi connectivity index (χ0) is 12.1. The number of carbonyl (C=O) groups excluding carboxylic acids is 1. The molecule has 0 unspecified atom stereocenters. The fraction of sp³-hybridized carbons (Fsp3) is 0.786. The van der Waals surface area contributed by atoms with E-state index < -0.39 is 0 Å². The Morgan fingerprint density at radius 1 is 0.875 bits per heavy atom. The van der Waals surface area contributed by atoms with Gasteiger partial charge in [-0.2, -0.15) is 0 Å². The first-order valence-electron chi connectivity index (χ1n) is 6.52. The number of rotatable bonds is 12. The molecule has 0 saturated carbocycles. The van der Waals surface area contributed by atoms with Crippen molar-refractivity contribution in [2.75, 3.05) is 4.43 Å². The number of ketones is 1. The first kappa shape index (κ1) is 16.1. The summed E-state index contributed by atoms with van der Waals surface area (Å²) in [4.78, 5) is 10.9. The van der Waals surface area contributed by atoms with E-state index in [0.717, 1.165) is 6.42 Å². The second kappa shape index (κ2) is 13.2. The van der Waals surface area contributed by atoms with Gasteiger partial charge in [0.1, 0.15) is 0 Å². The molecule has 0 rings (SSSR count). The number of hydrogen-bond donors (Lipinski definition) is 0. The molecule has 0 saturated heterocycles. The molecule has 94 valence electrons. The van der Waals surface area contributed by atoms with Crippen molar-refractivity contribution in [3.05, 3.63) is 12.7 Å². The summed E-state index contributed by atoms with van der Waals surface area (Å²) < 4.78 is 1.30. The molecule has 1 nitrogen and oxygen atoms in total. The standard InChI is InChI=1S/C14H25IO/c1-2-14(16)12-10-8-6-4-3-5-7-9-11-13-15/h2H,1,3-13H2. The van der Waals surface area contributed by atoms with Crippen molar-refractivity contribution in [3.63, 3.8) is 0 Å². The van der Waals surface area contributed by atoms with Gasteiger partial charge in [0, 0.05) is 6.42 Å². The van der Waals surface area contributed by atoms with Gasteiger partial charge in [0.2, 0.25) is 0 Å². The summed E-state index contributed by atoms with van der Waals surface area (Å²) in [6, 6.07) is 0. The average Bonchev–Trinajstić information content (AvgIpc) is 2.31. The maximum Gasteiger partial charge on any atom is 0.155 e. The van der Waals surface area contributed by atoms with Gasteiger partial charge in [0.15, 0.2) is 5.78 Å². The van der Waals surface area contributed by atoms with E-state index in [2.05, 4.69) is 29.2 Å². The molecule has 0 aromatic rings. The minimum absolute atomic E-state index is 0.193. The quantitative estimate of drug-likeness (QED) is 0.210. The molecule has 0 aliphatic heterocycles. The molecule has 0 aliphatic carbocycles. The average molecular weight is 336 g/mol. The molecule has 0 aliphatic rings. The fourth-order valence-electron chi connectivity index (χ4n) is 1.73. The smallest absolute Gasteiger partial charge is 0.155 e. The van der Waals surface area contributed by atoms with Crippen LogP contribution in [0, 0.1) is 0 Å². The molecular formula is C14H25IO. The zero-order valence-corrected chi connectivity index (χ0v) is 12.5. The van der Waals surface area contributed by atoms with Crippen molar-refractivity contribution in [1.82, 2.24) is 0 Å². The number of allylic oxidation sites excluding steroid dienone is 1. The summed E-state index contributed by atoms with van der Waals surface area (Å²) in [5.41, 5.74) is 0. The van der Waals surface area contributed by atoms with Gasteiger partial charge < -0.3 is 0 Å². The Morgan fingerprint density at radius 2 is 1.31 bits per heavy atom. The van der Waals surface area contributed by atoms with Crippen LogP contribution < -0.4 is 0 Å². The van der Waals surface area contributed by atoms with Crippen molar-refractivity contribution in [2.24, 2.45) is 0 Å². The third kappa shape index (κ3) is 12.2. The number of unbranched alkanes of at least 4 members (excludes halogenated alkanes) is 8. The Hall–Kier alpha value is 0.140. The maximum atomic E-state index is 10.9. The predicted molar refractivity (Wildman–Crippen MR) is 80.3 cm³/mol. The van der Waals surface area contributed by atoms with Gasteiger partial charge >= 0.3 is 0 Å². The van der Waals surface area contributed by atoms with Crippen LogP contribution in [0.3, 0.4) is 0 Å². The number of alkyl halides is 1. The van der Waals surface area contributed by atoms with Crippen LogP contribution in [-0.4, -0.2) is 10.2 Å². The Balaban J connectivity index is 2.98. The summed E-state index contributed by atoms with van der Waals surface area (Å²) in [7, 11) is 0. The van der Waals surface area contributed by atoms with Crippen molar-refractivity contribution < 1.29 is 4.79 Å². The second-order valence-corrected chi connectivity index (χ2v) is 5.37. The highest BCUT2D eigenvalue weighted by atomic mass is 127. The van der Waals surface area contributed by atoms with E-state index in [1.54, 1.807) is 0 Å². The van der Waals surface area contributed by atoms with Gasteiger partial charge in [0.25, 0.3) is 0 Å². The van der Waals surface area contributed by atoms with Crippen LogP contribution in [0.5, 0.6) is 0 Å². The highest BCUT2D eigenvalue weighted by Gasteiger charge is 1.96. The highest BCUT2D eigenvalue weighted by Crippen LogP contribution is 2.11. The monoisotopic (exact) mass is 336 g/mol. The molecule has 0 N–H and O–H groups in total. The second-order valence-electron chi connectivity index (χ2n) is 4.29. The number of hydrogen-bond acceptors (Lipinski definition) is 1. The molecule has 16 heavy (non-hydrogen) atoms. The van der Waals surface area contributed by atoms with E-state index in [9.17, 15) is 4.79 Å². The molecule has 0 amide bonds. The third-order valence-electron chi connectivity index (χ3n) is 2.78. The number of halogens is 1. The van der Waals surface area contributed by atoms with E-state index in [0.29, 0.717) is 6.42 Å². The normalized spacial score (nSPS) is 10.3. The van der Waals surface area contributed by atoms with Crippen LogP contribution >= 0.6 is 22.6 Å². The highest BCUT2D eigenvalue weighted by molar-refractivity contribution is 14.1. The van der Waals surface area contributed by atoms with Crippen LogP contribution in [0.25, 0.3) is 0 Å². The summed E-state index contributed by atoms with van der Waals surface area (Å²) in [6.45, 7) is 3.47. The third-order valence-corrected chi connectivity index (χ3v) is 3.55. The molecule has 0 fully saturated rings. The minimum Gasteiger partial charge on any atom is -0.295 e. The summed E-state index contributed by atoms with van der Waals surface area (Å²) in [5.74, 6) is 0.193. The predicted octanol–water partition coefficient (Wildman–Crippen LogP) is 5.08. The van der Waals surface area contributed by atoms with Crippen LogP contribution in [-0.2, 0) is 4.79 Å². The van der Waals surface area contributed by atoms with Crippen molar-refractivity contribution in [1.29, 1.82) is 0 Å². The number of carbonyl (C=O) groups is 1. The fourth-order valence-corrected chi connectivity index (χ4v) is 2.27. The Morgan fingerprint density at radius 3 is 1.75 bits per heavy atom. The topological polar surface area (TPSA) is 17.1 Å². The molecule has 0 radical (unpaired) electrons. The van der Waals surface area contributed by atoms with E-state index >= 15 is 0 Å². The lowest BCUT2D eigenvalue weighted by molar-refractivity contribution is -0.114. The summed E-state index contributed by atoms with van der Waals surface area (Å²) >= 11 is 2.44. The maximum absolute atomic E-state index is 10.9. The van der Waals surface area contributed by atoms with Crippen LogP contribution in [0.15, 0.2) is 12.7 Å². The van der Waals surface area contributed by atoms with Crippen LogP contribution in [0.4, 0.5) is 0 Å². The van der Waals surface area contributed by atoms with Gasteiger partial charge in [-0.1, -0.05) is 74.1 Å². The zero-order valence-electron chi connectivity index (χ0n) is 10.3. The van der Waals surface area contributed by atoms with Gasteiger partial charge in [-0.3, -0.25) is 4.79 Å². The summed E-state index contributed by atoms with van der Waals surface area (Å²) in [5, 5.41) is 0. The first-order chi connectivity index (χ1) is 7.81. The first-order valence-corrected chi connectivity index (χ1v) is 8.05. The lowest BCUT2D eigenvalue weighted by Crippen LogP contribution is -1.91. The summed E-state index contributed by atoms with van der Waals surface area (Å²) in [6.07, 6.45) is 13.9. The van der Waals surface area contributed by atoms with E-state index in [4.69, 9.17) is 0 Å². The lowest BCUT2D eigenvalue weighted by atomic mass is 10.1. The van der Waals surface area contributed by atoms with E-state index in [-0.39, 0.29) is 5.78 Å². The van der Waals surface area contributed by atoms with Gasteiger partial charge in [0.05, 0.1) is 0 Å². The molecule has 0 aromatic heterocycles. The molecule has 0 bridgehead atoms. The van der Waals surface area contributed by atoms with Crippen molar-refractivity contribution >= 4 is 28.4 Å². The lowest BCUT2D eigenvalue weighted by Gasteiger charge is -2.01. The molecule has 0 spiro atoms. The van der Waals surface area contributed by atoms with Crippen LogP contribution in [0.1, 0.15) is 64.2 Å². The van der Waals surface area contributed by atoms with E-state index in [1.165, 1.54) is 61.9 Å². The van der Waals surface area contributed by atoms with Crippen molar-refractivity contribution in [2.45, 2.75) is 64.2 Å². The largest absolute Gasteiger partial charge is 0.295 e. The van der Waals surface area contributed by atoms with Gasteiger partial charge in [-0.15, -0.1) is 0 Å². The molecule has 0 aromatic carbocycles. The van der Waals surface area contributed by atoms with Gasteiger partial charge in [-0.05, 0) is 23.3 Å². The molecule has 0 atom stereocenters. The molecule has 2 heteroatoms. The van der Waals surface area contributed by atoms with E-state index in [1.807, 2.05) is 0 Å². The van der Waals surface area contributed by atoms with Gasteiger partial charge in [-0.25, -0.2) is 0 Å². The molecule has 0 heterocycles. The van der Waals surface area contributed by atoms with Crippen molar-refractivity contribution in [3.8, 4) is 0 Å². The Bertz CT molecular complexity index is 178. The van der Waals surface area contributed by atoms with Crippen LogP contribution in [0.2, 0.25) is 0 Å².